The molecule has 0 saturated heterocycles. The summed E-state index contributed by atoms with van der Waals surface area (Å²) in [7, 11) is 1.85. The van der Waals surface area contributed by atoms with Gasteiger partial charge in [-0.15, -0.1) is 5.10 Å². The number of hydrogen-bond acceptors (Lipinski definition) is 6. The fourth-order valence-corrected chi connectivity index (χ4v) is 2.81. The average molecular weight is 353 g/mol. The second kappa shape index (κ2) is 6.03. The summed E-state index contributed by atoms with van der Waals surface area (Å²) in [6.07, 6.45) is 0.951. The van der Waals surface area contributed by atoms with Crippen molar-refractivity contribution in [1.29, 1.82) is 0 Å². The van der Waals surface area contributed by atoms with Crippen LogP contribution in [0.4, 0.5) is 6.01 Å². The van der Waals surface area contributed by atoms with Crippen molar-refractivity contribution in [3.63, 3.8) is 0 Å². The van der Waals surface area contributed by atoms with Crippen LogP contribution in [0, 0.1) is 0 Å². The number of ether oxygens (including phenoxy) is 1. The van der Waals surface area contributed by atoms with Gasteiger partial charge in [0.1, 0.15) is 5.75 Å². The molecule has 0 radical (unpaired) electrons. The molecule has 3 rings (SSSR count). The Morgan fingerprint density at radius 1 is 1.38 bits per heavy atom. The topological polar surface area (TPSA) is 72.2 Å². The highest BCUT2D eigenvalue weighted by Crippen LogP contribution is 2.33. The second-order valence-electron chi connectivity index (χ2n) is 4.96. The number of halogens is 1. The number of anilines is 1. The Labute approximate surface area is 131 Å². The molecular formula is C14H17BrN4O2. The monoisotopic (exact) mass is 352 g/mol. The van der Waals surface area contributed by atoms with E-state index in [4.69, 9.17) is 9.15 Å². The minimum Gasteiger partial charge on any atom is -0.493 e. The van der Waals surface area contributed by atoms with Gasteiger partial charge in [0.05, 0.1) is 12.6 Å². The molecule has 6 nitrogen and oxygen atoms in total. The smallest absolute Gasteiger partial charge is 0.315 e. The first-order chi connectivity index (χ1) is 10.2. The van der Waals surface area contributed by atoms with Gasteiger partial charge >= 0.3 is 6.01 Å². The van der Waals surface area contributed by atoms with Crippen molar-refractivity contribution in [3.05, 3.63) is 33.6 Å². The lowest BCUT2D eigenvalue weighted by Crippen LogP contribution is -2.12. The van der Waals surface area contributed by atoms with E-state index in [9.17, 15) is 0 Å². The molecule has 1 aromatic carbocycles. The van der Waals surface area contributed by atoms with Gasteiger partial charge < -0.3 is 19.8 Å². The molecule has 0 aliphatic carbocycles. The quantitative estimate of drug-likeness (QED) is 0.861. The lowest BCUT2D eigenvalue weighted by Gasteiger charge is -2.09. The van der Waals surface area contributed by atoms with E-state index in [0.717, 1.165) is 28.8 Å². The van der Waals surface area contributed by atoms with E-state index >= 15 is 0 Å². The van der Waals surface area contributed by atoms with Gasteiger partial charge in [0, 0.05) is 23.0 Å². The van der Waals surface area contributed by atoms with Gasteiger partial charge in [-0.2, -0.15) is 0 Å². The lowest BCUT2D eigenvalue weighted by molar-refractivity contribution is 0.353. The van der Waals surface area contributed by atoms with E-state index in [1.54, 1.807) is 0 Å². The molecule has 1 aliphatic rings. The molecule has 21 heavy (non-hydrogen) atoms. The van der Waals surface area contributed by atoms with Crippen molar-refractivity contribution in [1.82, 2.24) is 15.5 Å². The molecule has 1 unspecified atom stereocenters. The van der Waals surface area contributed by atoms with Crippen LogP contribution in [0.2, 0.25) is 0 Å². The summed E-state index contributed by atoms with van der Waals surface area (Å²) in [5.74, 6) is 1.53. The van der Waals surface area contributed by atoms with Crippen LogP contribution in [-0.2, 0) is 13.0 Å². The zero-order chi connectivity index (χ0) is 14.8. The van der Waals surface area contributed by atoms with E-state index in [0.29, 0.717) is 18.5 Å². The molecule has 2 aromatic rings. The summed E-state index contributed by atoms with van der Waals surface area (Å²) in [4.78, 5) is 0. The minimum atomic E-state index is 0.0338. The summed E-state index contributed by atoms with van der Waals surface area (Å²) in [5, 5.41) is 14.2. The standard InChI is InChI=1S/C14H17BrN4O2/c1-8(16-2)13-18-19-14(21-13)17-7-10-6-11(15)5-9-3-4-20-12(9)10/h5-6,8,16H,3-4,7H2,1-2H3,(H,17,19). The first-order valence-corrected chi connectivity index (χ1v) is 7.65. The van der Waals surface area contributed by atoms with Gasteiger partial charge in [0.2, 0.25) is 5.89 Å². The zero-order valence-electron chi connectivity index (χ0n) is 11.9. The van der Waals surface area contributed by atoms with Crippen molar-refractivity contribution in [3.8, 4) is 5.75 Å². The lowest BCUT2D eigenvalue weighted by atomic mass is 10.1. The maximum Gasteiger partial charge on any atom is 0.315 e. The SMILES string of the molecule is CNC(C)c1nnc(NCc2cc(Br)cc3c2OCC3)o1. The molecule has 0 fully saturated rings. The van der Waals surface area contributed by atoms with Crippen LogP contribution < -0.4 is 15.4 Å². The van der Waals surface area contributed by atoms with Gasteiger partial charge in [0.25, 0.3) is 0 Å². The molecule has 0 amide bonds. The highest BCUT2D eigenvalue weighted by molar-refractivity contribution is 9.10. The fourth-order valence-electron chi connectivity index (χ4n) is 2.25. The minimum absolute atomic E-state index is 0.0338. The highest BCUT2D eigenvalue weighted by Gasteiger charge is 2.18. The van der Waals surface area contributed by atoms with Crippen molar-refractivity contribution in [2.45, 2.75) is 25.9 Å². The third-order valence-corrected chi connectivity index (χ3v) is 3.96. The Balaban J connectivity index is 1.72. The van der Waals surface area contributed by atoms with Crippen molar-refractivity contribution in [2.75, 3.05) is 19.0 Å². The Hall–Kier alpha value is -1.60. The van der Waals surface area contributed by atoms with Gasteiger partial charge in [-0.3, -0.25) is 0 Å². The van der Waals surface area contributed by atoms with Crippen molar-refractivity contribution in [2.24, 2.45) is 0 Å². The van der Waals surface area contributed by atoms with Gasteiger partial charge in [-0.25, -0.2) is 0 Å². The normalized spacial score (nSPS) is 14.6. The van der Waals surface area contributed by atoms with Crippen LogP contribution in [0.25, 0.3) is 0 Å². The van der Waals surface area contributed by atoms with Crippen LogP contribution in [0.3, 0.4) is 0 Å². The predicted octanol–water partition coefficient (Wildman–Crippen LogP) is 2.66. The van der Waals surface area contributed by atoms with E-state index in [2.05, 4.69) is 42.8 Å². The van der Waals surface area contributed by atoms with Crippen LogP contribution in [0.5, 0.6) is 5.75 Å². The first kappa shape index (κ1) is 14.3. The van der Waals surface area contributed by atoms with E-state index in [-0.39, 0.29) is 6.04 Å². The molecule has 0 spiro atoms. The maximum absolute atomic E-state index is 5.70. The van der Waals surface area contributed by atoms with Crippen LogP contribution >= 0.6 is 15.9 Å². The predicted molar refractivity (Wildman–Crippen MR) is 82.4 cm³/mol. The molecule has 1 aliphatic heterocycles. The van der Waals surface area contributed by atoms with Crippen LogP contribution in [0.15, 0.2) is 21.0 Å². The van der Waals surface area contributed by atoms with Gasteiger partial charge in [-0.1, -0.05) is 21.0 Å². The number of nitrogens with zero attached hydrogens (tertiary/aromatic N) is 2. The van der Waals surface area contributed by atoms with Crippen LogP contribution in [0.1, 0.15) is 30.0 Å². The zero-order valence-corrected chi connectivity index (χ0v) is 13.5. The molecule has 1 aromatic heterocycles. The molecular weight excluding hydrogens is 336 g/mol. The average Bonchev–Trinajstić information content (AvgIpc) is 3.12. The molecule has 2 N–H and O–H groups in total. The molecule has 112 valence electrons. The van der Waals surface area contributed by atoms with E-state index in [1.807, 2.05) is 20.0 Å². The number of benzene rings is 1. The van der Waals surface area contributed by atoms with E-state index in [1.165, 1.54) is 5.56 Å². The third-order valence-electron chi connectivity index (χ3n) is 3.50. The van der Waals surface area contributed by atoms with E-state index < -0.39 is 0 Å². The van der Waals surface area contributed by atoms with Gasteiger partial charge in [0.15, 0.2) is 0 Å². The number of aromatic nitrogens is 2. The fraction of sp³-hybridized carbons (Fsp3) is 0.429. The largest absolute Gasteiger partial charge is 0.493 e. The number of nitrogens with one attached hydrogen (secondary N) is 2. The molecule has 0 bridgehead atoms. The summed E-state index contributed by atoms with van der Waals surface area (Å²) < 4.78 is 12.3. The summed E-state index contributed by atoms with van der Waals surface area (Å²) in [6, 6.07) is 4.60. The molecule has 0 saturated carbocycles. The number of fused-ring (bicyclic) bond motifs is 1. The van der Waals surface area contributed by atoms with Crippen molar-refractivity contribution >= 4 is 21.9 Å². The molecule has 1 atom stereocenters. The van der Waals surface area contributed by atoms with Gasteiger partial charge in [-0.05, 0) is 31.7 Å². The third kappa shape index (κ3) is 3.03. The second-order valence-corrected chi connectivity index (χ2v) is 5.88. The summed E-state index contributed by atoms with van der Waals surface area (Å²) in [6.45, 7) is 3.28. The Kier molecular flexibility index (Phi) is 4.12. The summed E-state index contributed by atoms with van der Waals surface area (Å²) in [5.41, 5.74) is 2.31. The number of rotatable bonds is 5. The Bertz CT molecular complexity index is 644. The number of hydrogen-bond donors (Lipinski definition) is 2. The maximum atomic E-state index is 5.70. The Morgan fingerprint density at radius 3 is 3.05 bits per heavy atom. The highest BCUT2D eigenvalue weighted by atomic mass is 79.9. The summed E-state index contributed by atoms with van der Waals surface area (Å²) >= 11 is 3.53. The first-order valence-electron chi connectivity index (χ1n) is 6.86. The molecule has 7 heteroatoms. The Morgan fingerprint density at radius 2 is 2.24 bits per heavy atom. The molecule has 2 heterocycles. The van der Waals surface area contributed by atoms with Crippen LogP contribution in [-0.4, -0.2) is 23.9 Å². The van der Waals surface area contributed by atoms with Crippen molar-refractivity contribution < 1.29 is 9.15 Å².